The van der Waals surface area contributed by atoms with Crippen LogP contribution in [0.3, 0.4) is 0 Å². The number of benzene rings is 1. The fraction of sp³-hybridized carbons (Fsp3) is 0.625. The lowest BCUT2D eigenvalue weighted by Gasteiger charge is -2.09. The second-order valence-electron chi connectivity index (χ2n) is 4.86. The largest absolute Gasteiger partial charge is 0.377 e. The third-order valence-electron chi connectivity index (χ3n) is 3.02. The predicted octanol–water partition coefficient (Wildman–Crippen LogP) is 4.66. The minimum absolute atomic E-state index is 0.701. The van der Waals surface area contributed by atoms with Gasteiger partial charge in [0.1, 0.15) is 0 Å². The summed E-state index contributed by atoms with van der Waals surface area (Å²) in [4.78, 5) is 0. The first-order chi connectivity index (χ1) is 9.27. The van der Waals surface area contributed by atoms with Crippen LogP contribution in [0.5, 0.6) is 0 Å². The molecule has 0 saturated carbocycles. The van der Waals surface area contributed by atoms with Crippen molar-refractivity contribution in [1.82, 2.24) is 5.32 Å². The Balaban J connectivity index is 2.34. The monoisotopic (exact) mass is 327 g/mol. The van der Waals surface area contributed by atoms with Crippen LogP contribution in [0.25, 0.3) is 0 Å². The minimum Gasteiger partial charge on any atom is -0.377 e. The van der Waals surface area contributed by atoms with E-state index in [0.717, 1.165) is 30.6 Å². The number of hydrogen-bond acceptors (Lipinski definition) is 2. The Morgan fingerprint density at radius 1 is 1.16 bits per heavy atom. The minimum atomic E-state index is 0.701. The van der Waals surface area contributed by atoms with Gasteiger partial charge in [-0.15, -0.1) is 0 Å². The summed E-state index contributed by atoms with van der Waals surface area (Å²) in [5, 5.41) is 3.41. The Hall–Kier alpha value is -0.380. The number of nitrogens with one attached hydrogen (secondary N) is 1. The second-order valence-corrected chi connectivity index (χ2v) is 5.72. The van der Waals surface area contributed by atoms with Gasteiger partial charge in [-0.25, -0.2) is 0 Å². The molecule has 3 heteroatoms. The summed E-state index contributed by atoms with van der Waals surface area (Å²) in [6.07, 6.45) is 4.83. The Morgan fingerprint density at radius 3 is 2.68 bits per heavy atom. The summed E-state index contributed by atoms with van der Waals surface area (Å²) >= 11 is 3.63. The molecule has 0 bridgehead atoms. The SMILES string of the molecule is CCCCCOCc1ccc(CNCCC)cc1Br. The van der Waals surface area contributed by atoms with E-state index in [9.17, 15) is 0 Å². The van der Waals surface area contributed by atoms with Crippen LogP contribution in [0.15, 0.2) is 22.7 Å². The van der Waals surface area contributed by atoms with Gasteiger partial charge in [-0.2, -0.15) is 0 Å². The first-order valence-electron chi connectivity index (χ1n) is 7.33. The summed E-state index contributed by atoms with van der Waals surface area (Å²) in [5.41, 5.74) is 2.55. The van der Waals surface area contributed by atoms with Crippen molar-refractivity contribution in [2.45, 2.75) is 52.7 Å². The maximum absolute atomic E-state index is 5.70. The van der Waals surface area contributed by atoms with Crippen LogP contribution in [-0.2, 0) is 17.9 Å². The molecule has 0 aliphatic carbocycles. The van der Waals surface area contributed by atoms with Crippen molar-refractivity contribution >= 4 is 15.9 Å². The molecule has 1 aromatic carbocycles. The molecule has 0 saturated heterocycles. The molecule has 0 aromatic heterocycles. The molecule has 1 rings (SSSR count). The van der Waals surface area contributed by atoms with Crippen LogP contribution in [0, 0.1) is 0 Å². The lowest BCUT2D eigenvalue weighted by molar-refractivity contribution is 0.116. The molecule has 0 radical (unpaired) electrons. The van der Waals surface area contributed by atoms with E-state index < -0.39 is 0 Å². The molecule has 108 valence electrons. The van der Waals surface area contributed by atoms with E-state index in [1.54, 1.807) is 0 Å². The van der Waals surface area contributed by atoms with Crippen LogP contribution in [0.4, 0.5) is 0 Å². The molecule has 0 amide bonds. The van der Waals surface area contributed by atoms with Crippen LogP contribution in [-0.4, -0.2) is 13.2 Å². The van der Waals surface area contributed by atoms with Gasteiger partial charge < -0.3 is 10.1 Å². The Labute approximate surface area is 126 Å². The van der Waals surface area contributed by atoms with E-state index in [4.69, 9.17) is 4.74 Å². The summed E-state index contributed by atoms with van der Waals surface area (Å²) in [5.74, 6) is 0. The number of halogens is 1. The number of hydrogen-bond donors (Lipinski definition) is 1. The van der Waals surface area contributed by atoms with Crippen LogP contribution in [0.1, 0.15) is 50.7 Å². The van der Waals surface area contributed by atoms with E-state index in [2.05, 4.69) is 53.3 Å². The highest BCUT2D eigenvalue weighted by molar-refractivity contribution is 9.10. The average molecular weight is 328 g/mol. The van der Waals surface area contributed by atoms with Crippen LogP contribution < -0.4 is 5.32 Å². The van der Waals surface area contributed by atoms with E-state index in [1.807, 2.05) is 0 Å². The lowest BCUT2D eigenvalue weighted by Crippen LogP contribution is -2.13. The van der Waals surface area contributed by atoms with Gasteiger partial charge in [0.15, 0.2) is 0 Å². The van der Waals surface area contributed by atoms with Gasteiger partial charge in [0.25, 0.3) is 0 Å². The molecule has 1 N–H and O–H groups in total. The zero-order valence-corrected chi connectivity index (χ0v) is 13.8. The fourth-order valence-corrected chi connectivity index (χ4v) is 2.40. The van der Waals surface area contributed by atoms with Crippen molar-refractivity contribution in [3.05, 3.63) is 33.8 Å². The zero-order chi connectivity index (χ0) is 13.9. The standard InChI is InChI=1S/C16H26BrNO/c1-3-5-6-10-19-13-15-8-7-14(11-16(15)17)12-18-9-4-2/h7-8,11,18H,3-6,9-10,12-13H2,1-2H3. The molecule has 0 atom stereocenters. The van der Waals surface area contributed by atoms with E-state index in [-0.39, 0.29) is 0 Å². The van der Waals surface area contributed by atoms with E-state index in [1.165, 1.54) is 30.4 Å². The first kappa shape index (κ1) is 16.7. The normalized spacial score (nSPS) is 10.9. The van der Waals surface area contributed by atoms with Gasteiger partial charge >= 0.3 is 0 Å². The first-order valence-corrected chi connectivity index (χ1v) is 8.13. The number of unbranched alkanes of at least 4 members (excludes halogenated alkanes) is 2. The maximum Gasteiger partial charge on any atom is 0.0727 e. The van der Waals surface area contributed by atoms with Crippen molar-refractivity contribution in [2.75, 3.05) is 13.2 Å². The predicted molar refractivity (Wildman–Crippen MR) is 85.3 cm³/mol. The molecule has 19 heavy (non-hydrogen) atoms. The Bertz CT molecular complexity index is 355. The van der Waals surface area contributed by atoms with Crippen LogP contribution in [0.2, 0.25) is 0 Å². The molecule has 1 aromatic rings. The lowest BCUT2D eigenvalue weighted by atomic mass is 10.1. The molecule has 0 unspecified atom stereocenters. The molecule has 0 spiro atoms. The van der Waals surface area contributed by atoms with Gasteiger partial charge in [-0.1, -0.05) is 54.8 Å². The van der Waals surface area contributed by atoms with Gasteiger partial charge in [-0.3, -0.25) is 0 Å². The molecule has 0 heterocycles. The Kier molecular flexibility index (Phi) is 9.14. The third kappa shape index (κ3) is 7.09. The molecular formula is C16H26BrNO. The van der Waals surface area contributed by atoms with Crippen molar-refractivity contribution in [2.24, 2.45) is 0 Å². The summed E-state index contributed by atoms with van der Waals surface area (Å²) in [6.45, 7) is 7.96. The highest BCUT2D eigenvalue weighted by atomic mass is 79.9. The van der Waals surface area contributed by atoms with Gasteiger partial charge in [0, 0.05) is 17.6 Å². The van der Waals surface area contributed by atoms with Gasteiger partial charge in [0.05, 0.1) is 6.61 Å². The summed E-state index contributed by atoms with van der Waals surface area (Å²) < 4.78 is 6.85. The molecular weight excluding hydrogens is 302 g/mol. The van der Waals surface area contributed by atoms with Crippen molar-refractivity contribution in [3.8, 4) is 0 Å². The zero-order valence-electron chi connectivity index (χ0n) is 12.2. The highest BCUT2D eigenvalue weighted by Gasteiger charge is 2.02. The summed E-state index contributed by atoms with van der Waals surface area (Å²) in [7, 11) is 0. The van der Waals surface area contributed by atoms with Gasteiger partial charge in [0.2, 0.25) is 0 Å². The van der Waals surface area contributed by atoms with Gasteiger partial charge in [-0.05, 0) is 36.6 Å². The molecule has 0 aliphatic rings. The van der Waals surface area contributed by atoms with Crippen molar-refractivity contribution in [3.63, 3.8) is 0 Å². The highest BCUT2D eigenvalue weighted by Crippen LogP contribution is 2.19. The fourth-order valence-electron chi connectivity index (χ4n) is 1.86. The summed E-state index contributed by atoms with van der Waals surface area (Å²) in [6, 6.07) is 6.53. The molecule has 2 nitrogen and oxygen atoms in total. The van der Waals surface area contributed by atoms with Crippen molar-refractivity contribution in [1.29, 1.82) is 0 Å². The second kappa shape index (κ2) is 10.4. The number of rotatable bonds is 10. The van der Waals surface area contributed by atoms with E-state index >= 15 is 0 Å². The topological polar surface area (TPSA) is 21.3 Å². The van der Waals surface area contributed by atoms with Crippen LogP contribution >= 0.6 is 15.9 Å². The van der Waals surface area contributed by atoms with E-state index in [0.29, 0.717) is 6.61 Å². The Morgan fingerprint density at radius 2 is 2.00 bits per heavy atom. The smallest absolute Gasteiger partial charge is 0.0727 e. The molecule has 0 fully saturated rings. The average Bonchev–Trinajstić information content (AvgIpc) is 2.41. The number of ether oxygens (including phenoxy) is 1. The molecule has 0 aliphatic heterocycles. The quantitative estimate of drug-likeness (QED) is 0.631. The van der Waals surface area contributed by atoms with Crippen molar-refractivity contribution < 1.29 is 4.74 Å². The maximum atomic E-state index is 5.70. The third-order valence-corrected chi connectivity index (χ3v) is 3.76.